The van der Waals surface area contributed by atoms with Crippen molar-refractivity contribution in [3.05, 3.63) is 52.3 Å². The summed E-state index contributed by atoms with van der Waals surface area (Å²) in [6.45, 7) is 4.51. The van der Waals surface area contributed by atoms with E-state index in [-0.39, 0.29) is 5.91 Å². The highest BCUT2D eigenvalue weighted by atomic mass is 79.9. The molecule has 2 aromatic rings. The molecule has 5 heteroatoms. The summed E-state index contributed by atoms with van der Waals surface area (Å²) in [5.74, 6) is 0.919. The lowest BCUT2D eigenvalue weighted by atomic mass is 10.2. The molecule has 2 heterocycles. The van der Waals surface area contributed by atoms with Crippen LogP contribution in [0.15, 0.2) is 41.0 Å². The first kappa shape index (κ1) is 14.2. The summed E-state index contributed by atoms with van der Waals surface area (Å²) in [5, 5.41) is 0. The van der Waals surface area contributed by atoms with Gasteiger partial charge in [-0.1, -0.05) is 18.2 Å². The molecule has 0 atom stereocenters. The highest BCUT2D eigenvalue weighted by Gasteiger charge is 2.23. The minimum atomic E-state index is 0.0443. The van der Waals surface area contributed by atoms with Crippen LogP contribution in [-0.2, 0) is 13.1 Å². The van der Waals surface area contributed by atoms with E-state index < -0.39 is 0 Å². The average molecular weight is 349 g/mol. The molecule has 0 spiro atoms. The van der Waals surface area contributed by atoms with Crippen LogP contribution < -0.4 is 4.74 Å². The van der Waals surface area contributed by atoms with Crippen LogP contribution in [0.1, 0.15) is 23.0 Å². The first-order valence-electron chi connectivity index (χ1n) is 7.04. The fourth-order valence-corrected chi connectivity index (χ4v) is 3.04. The number of carbonyl (C=O) groups is 1. The fraction of sp³-hybridized carbons (Fsp3) is 0.312. The van der Waals surface area contributed by atoms with Gasteiger partial charge in [0.25, 0.3) is 5.91 Å². The summed E-state index contributed by atoms with van der Waals surface area (Å²) < 4.78 is 8.61. The minimum absolute atomic E-state index is 0.0443. The van der Waals surface area contributed by atoms with E-state index in [0.29, 0.717) is 25.4 Å². The number of rotatable bonds is 2. The number of aryl methyl sites for hydroxylation is 1. The quantitative estimate of drug-likeness (QED) is 0.834. The number of amides is 1. The van der Waals surface area contributed by atoms with E-state index in [1.165, 1.54) is 0 Å². The zero-order chi connectivity index (χ0) is 14.8. The van der Waals surface area contributed by atoms with Crippen molar-refractivity contribution in [2.75, 3.05) is 13.2 Å². The average Bonchev–Trinajstić information content (AvgIpc) is 2.74. The topological polar surface area (TPSA) is 34.5 Å². The molecule has 0 aliphatic carbocycles. The molecule has 1 aromatic carbocycles. The van der Waals surface area contributed by atoms with E-state index in [4.69, 9.17) is 4.74 Å². The van der Waals surface area contributed by atoms with Crippen LogP contribution in [0, 0.1) is 0 Å². The predicted octanol–water partition coefficient (Wildman–Crippen LogP) is 3.31. The molecule has 1 aliphatic rings. The van der Waals surface area contributed by atoms with Crippen molar-refractivity contribution in [3.8, 4) is 5.75 Å². The summed E-state index contributed by atoms with van der Waals surface area (Å²) in [5.41, 5.74) is 1.76. The van der Waals surface area contributed by atoms with E-state index in [2.05, 4.69) is 15.9 Å². The molecule has 0 N–H and O–H groups in total. The number of benzene rings is 1. The van der Waals surface area contributed by atoms with Gasteiger partial charge in [0.1, 0.15) is 18.1 Å². The smallest absolute Gasteiger partial charge is 0.270 e. The summed E-state index contributed by atoms with van der Waals surface area (Å²) in [7, 11) is 0. The maximum Gasteiger partial charge on any atom is 0.270 e. The monoisotopic (exact) mass is 348 g/mol. The molecule has 0 saturated heterocycles. The van der Waals surface area contributed by atoms with Crippen LogP contribution in [0.2, 0.25) is 0 Å². The molecular weight excluding hydrogens is 332 g/mol. The number of aromatic nitrogens is 1. The molecule has 1 aliphatic heterocycles. The van der Waals surface area contributed by atoms with Gasteiger partial charge in [0.15, 0.2) is 0 Å². The number of halogens is 1. The molecule has 4 nitrogen and oxygen atoms in total. The number of hydrogen-bond donors (Lipinski definition) is 0. The molecule has 21 heavy (non-hydrogen) atoms. The molecule has 110 valence electrons. The number of hydrogen-bond acceptors (Lipinski definition) is 2. The minimum Gasteiger partial charge on any atom is -0.491 e. The predicted molar refractivity (Wildman–Crippen MR) is 84.5 cm³/mol. The Hall–Kier alpha value is -1.75. The van der Waals surface area contributed by atoms with E-state index in [1.54, 1.807) is 0 Å². The largest absolute Gasteiger partial charge is 0.491 e. The van der Waals surface area contributed by atoms with Gasteiger partial charge in [-0.3, -0.25) is 4.79 Å². The maximum atomic E-state index is 12.8. The highest BCUT2D eigenvalue weighted by Crippen LogP contribution is 2.24. The normalized spacial score (nSPS) is 14.3. The molecule has 0 radical (unpaired) electrons. The Morgan fingerprint density at radius 1 is 1.38 bits per heavy atom. The third kappa shape index (κ3) is 2.83. The van der Waals surface area contributed by atoms with Crippen molar-refractivity contribution in [1.29, 1.82) is 0 Å². The molecule has 3 rings (SSSR count). The second-order valence-corrected chi connectivity index (χ2v) is 5.93. The second-order valence-electron chi connectivity index (χ2n) is 5.01. The number of nitrogens with zero attached hydrogens (tertiary/aromatic N) is 2. The van der Waals surface area contributed by atoms with E-state index >= 15 is 0 Å². The second kappa shape index (κ2) is 5.93. The summed E-state index contributed by atoms with van der Waals surface area (Å²) in [4.78, 5) is 14.6. The Labute approximate surface area is 132 Å². The van der Waals surface area contributed by atoms with Crippen molar-refractivity contribution in [2.24, 2.45) is 0 Å². The summed E-state index contributed by atoms with van der Waals surface area (Å²) in [6, 6.07) is 9.77. The lowest BCUT2D eigenvalue weighted by molar-refractivity contribution is 0.0722. The molecule has 0 bridgehead atoms. The lowest BCUT2D eigenvalue weighted by Crippen LogP contribution is -2.33. The third-order valence-corrected chi connectivity index (χ3v) is 4.10. The lowest BCUT2D eigenvalue weighted by Gasteiger charge is -2.20. The van der Waals surface area contributed by atoms with Gasteiger partial charge < -0.3 is 14.2 Å². The van der Waals surface area contributed by atoms with Crippen molar-refractivity contribution < 1.29 is 9.53 Å². The van der Waals surface area contributed by atoms with Crippen LogP contribution in [0.4, 0.5) is 0 Å². The molecule has 1 aromatic heterocycles. The van der Waals surface area contributed by atoms with Crippen LogP contribution in [0.25, 0.3) is 0 Å². The Morgan fingerprint density at radius 2 is 2.19 bits per heavy atom. The summed E-state index contributed by atoms with van der Waals surface area (Å²) in [6.07, 6.45) is 1.94. The number of ether oxygens (including phenoxy) is 1. The highest BCUT2D eigenvalue weighted by molar-refractivity contribution is 9.10. The van der Waals surface area contributed by atoms with Gasteiger partial charge >= 0.3 is 0 Å². The molecule has 1 amide bonds. The van der Waals surface area contributed by atoms with Gasteiger partial charge in [-0.05, 0) is 35.0 Å². The zero-order valence-electron chi connectivity index (χ0n) is 11.9. The SMILES string of the molecule is CCn1cc(Br)cc1C(=O)N1CCOc2ccccc2C1. The first-order valence-corrected chi connectivity index (χ1v) is 7.84. The zero-order valence-corrected chi connectivity index (χ0v) is 13.5. The molecule has 0 saturated carbocycles. The van der Waals surface area contributed by atoms with E-state index in [9.17, 15) is 4.79 Å². The fourth-order valence-electron chi connectivity index (χ4n) is 2.58. The molecular formula is C16H17BrN2O2. The van der Waals surface area contributed by atoms with E-state index in [1.807, 2.05) is 52.9 Å². The van der Waals surface area contributed by atoms with Gasteiger partial charge in [-0.25, -0.2) is 0 Å². The van der Waals surface area contributed by atoms with Gasteiger partial charge in [0.05, 0.1) is 6.54 Å². The van der Waals surface area contributed by atoms with Gasteiger partial charge in [-0.15, -0.1) is 0 Å². The van der Waals surface area contributed by atoms with Crippen LogP contribution in [0.5, 0.6) is 5.75 Å². The Balaban J connectivity index is 1.88. The number of carbonyl (C=O) groups excluding carboxylic acids is 1. The van der Waals surface area contributed by atoms with Crippen LogP contribution >= 0.6 is 15.9 Å². The van der Waals surface area contributed by atoms with Crippen molar-refractivity contribution in [3.63, 3.8) is 0 Å². The van der Waals surface area contributed by atoms with Crippen LogP contribution in [0.3, 0.4) is 0 Å². The van der Waals surface area contributed by atoms with Crippen molar-refractivity contribution >= 4 is 21.8 Å². The first-order chi connectivity index (χ1) is 10.2. The van der Waals surface area contributed by atoms with Gasteiger partial charge in [-0.2, -0.15) is 0 Å². The number of para-hydroxylation sites is 1. The van der Waals surface area contributed by atoms with Crippen LogP contribution in [-0.4, -0.2) is 28.5 Å². The third-order valence-electron chi connectivity index (χ3n) is 3.66. The van der Waals surface area contributed by atoms with Gasteiger partial charge in [0, 0.05) is 29.3 Å². The number of fused-ring (bicyclic) bond motifs is 1. The van der Waals surface area contributed by atoms with Crippen molar-refractivity contribution in [2.45, 2.75) is 20.0 Å². The molecule has 0 unspecified atom stereocenters. The maximum absolute atomic E-state index is 12.8. The van der Waals surface area contributed by atoms with Gasteiger partial charge in [0.2, 0.25) is 0 Å². The standard InChI is InChI=1S/C16H17BrN2O2/c1-2-18-11-13(17)9-14(18)16(20)19-7-8-21-15-6-4-3-5-12(15)10-19/h3-6,9,11H,2,7-8,10H2,1H3. The Kier molecular flexibility index (Phi) is 4.01. The van der Waals surface area contributed by atoms with E-state index in [0.717, 1.165) is 22.3 Å². The van der Waals surface area contributed by atoms with Crippen molar-refractivity contribution in [1.82, 2.24) is 9.47 Å². The Bertz CT molecular complexity index is 666. The Morgan fingerprint density at radius 3 is 3.00 bits per heavy atom. The molecule has 0 fully saturated rings. The summed E-state index contributed by atoms with van der Waals surface area (Å²) >= 11 is 3.44.